The summed E-state index contributed by atoms with van der Waals surface area (Å²) in [6, 6.07) is 12.6. The molecule has 0 aliphatic heterocycles. The van der Waals surface area contributed by atoms with Crippen LogP contribution in [-0.4, -0.2) is 7.11 Å². The summed E-state index contributed by atoms with van der Waals surface area (Å²) in [7, 11) is 1.54. The summed E-state index contributed by atoms with van der Waals surface area (Å²) in [5.74, 6) is 1.70. The predicted molar refractivity (Wildman–Crippen MR) is 84.5 cm³/mol. The number of ether oxygens (including phenoxy) is 2. The molecule has 5 heteroatoms. The first-order valence-electron chi connectivity index (χ1n) is 6.36. The molecule has 0 aliphatic rings. The molecule has 0 aromatic heterocycles. The lowest BCUT2D eigenvalue weighted by molar-refractivity contribution is 0.376. The highest BCUT2D eigenvalue weighted by atomic mass is 79.9. The van der Waals surface area contributed by atoms with Gasteiger partial charge in [0.25, 0.3) is 0 Å². The van der Waals surface area contributed by atoms with Crippen LogP contribution in [0.5, 0.6) is 17.2 Å². The van der Waals surface area contributed by atoms with Gasteiger partial charge in [0, 0.05) is 22.1 Å². The van der Waals surface area contributed by atoms with Gasteiger partial charge in [0.05, 0.1) is 18.7 Å². The third-order valence-electron chi connectivity index (χ3n) is 2.98. The highest BCUT2D eigenvalue weighted by Gasteiger charge is 2.13. The van der Waals surface area contributed by atoms with Crippen molar-refractivity contribution in [3.05, 3.63) is 52.0 Å². The minimum Gasteiger partial charge on any atom is -0.493 e. The summed E-state index contributed by atoms with van der Waals surface area (Å²) in [5, 5.41) is 8.92. The maximum atomic E-state index is 8.92. The maximum Gasteiger partial charge on any atom is 0.169 e. The molecule has 0 bridgehead atoms. The van der Waals surface area contributed by atoms with E-state index in [-0.39, 0.29) is 6.04 Å². The third-order valence-corrected chi connectivity index (χ3v) is 3.47. The van der Waals surface area contributed by atoms with Crippen LogP contribution in [0.15, 0.2) is 40.9 Å². The summed E-state index contributed by atoms with van der Waals surface area (Å²) >= 11 is 3.42. The van der Waals surface area contributed by atoms with Crippen molar-refractivity contribution in [1.82, 2.24) is 0 Å². The van der Waals surface area contributed by atoms with Crippen molar-refractivity contribution in [2.24, 2.45) is 5.73 Å². The van der Waals surface area contributed by atoms with Gasteiger partial charge in [-0.05, 0) is 31.2 Å². The quantitative estimate of drug-likeness (QED) is 0.902. The molecule has 2 aromatic rings. The molecular formula is C16H15BrN2O2. The fourth-order valence-electron chi connectivity index (χ4n) is 1.91. The molecule has 0 heterocycles. The number of nitrogens with zero attached hydrogens (tertiary/aromatic N) is 1. The summed E-state index contributed by atoms with van der Waals surface area (Å²) in [5.41, 5.74) is 7.37. The lowest BCUT2D eigenvalue weighted by atomic mass is 10.1. The van der Waals surface area contributed by atoms with E-state index in [0.29, 0.717) is 22.8 Å². The van der Waals surface area contributed by atoms with Crippen LogP contribution in [0.3, 0.4) is 0 Å². The number of hydrogen-bond donors (Lipinski definition) is 1. The highest BCUT2D eigenvalue weighted by Crippen LogP contribution is 2.36. The topological polar surface area (TPSA) is 68.3 Å². The SMILES string of the molecule is COc1cc(C#N)ccc1Oc1cc(Br)ccc1C(C)N. The third kappa shape index (κ3) is 3.54. The van der Waals surface area contributed by atoms with Crippen LogP contribution >= 0.6 is 15.9 Å². The van der Waals surface area contributed by atoms with E-state index in [1.54, 1.807) is 18.2 Å². The molecule has 108 valence electrons. The summed E-state index contributed by atoms with van der Waals surface area (Å²) in [4.78, 5) is 0. The molecule has 0 aliphatic carbocycles. The van der Waals surface area contributed by atoms with Gasteiger partial charge in [-0.3, -0.25) is 0 Å². The average Bonchev–Trinajstić information content (AvgIpc) is 2.47. The molecule has 2 N–H and O–H groups in total. The molecule has 4 nitrogen and oxygen atoms in total. The number of methoxy groups -OCH3 is 1. The largest absolute Gasteiger partial charge is 0.493 e. The molecule has 1 unspecified atom stereocenters. The van der Waals surface area contributed by atoms with Crippen LogP contribution in [0.4, 0.5) is 0 Å². The monoisotopic (exact) mass is 346 g/mol. The molecule has 0 amide bonds. The number of rotatable bonds is 4. The van der Waals surface area contributed by atoms with Gasteiger partial charge in [0.2, 0.25) is 0 Å². The van der Waals surface area contributed by atoms with Gasteiger partial charge in [-0.2, -0.15) is 5.26 Å². The number of hydrogen-bond acceptors (Lipinski definition) is 4. The van der Waals surface area contributed by atoms with Crippen LogP contribution in [0, 0.1) is 11.3 Å². The van der Waals surface area contributed by atoms with Crippen molar-refractivity contribution >= 4 is 15.9 Å². The molecule has 2 rings (SSSR count). The standard InChI is InChI=1S/C16H15BrN2O2/c1-10(19)13-5-4-12(17)8-15(13)21-14-6-3-11(9-18)7-16(14)20-2/h3-8,10H,19H2,1-2H3. The minimum atomic E-state index is -0.155. The molecule has 0 saturated heterocycles. The Morgan fingerprint density at radius 2 is 1.90 bits per heavy atom. The predicted octanol–water partition coefficient (Wildman–Crippen LogP) is 4.14. The summed E-state index contributed by atoms with van der Waals surface area (Å²) in [6.07, 6.45) is 0. The Bertz CT molecular complexity index is 693. The average molecular weight is 347 g/mol. The summed E-state index contributed by atoms with van der Waals surface area (Å²) < 4.78 is 12.1. The van der Waals surface area contributed by atoms with Gasteiger partial charge in [-0.15, -0.1) is 0 Å². The number of halogens is 1. The van der Waals surface area contributed by atoms with Crippen molar-refractivity contribution < 1.29 is 9.47 Å². The van der Waals surface area contributed by atoms with Crippen LogP contribution in [0.2, 0.25) is 0 Å². The lowest BCUT2D eigenvalue weighted by Crippen LogP contribution is -2.06. The van der Waals surface area contributed by atoms with E-state index in [1.807, 2.05) is 25.1 Å². The van der Waals surface area contributed by atoms with Gasteiger partial charge >= 0.3 is 0 Å². The van der Waals surface area contributed by atoms with E-state index in [0.717, 1.165) is 10.0 Å². The van der Waals surface area contributed by atoms with Gasteiger partial charge in [0.15, 0.2) is 11.5 Å². The number of nitriles is 1. The van der Waals surface area contributed by atoms with Gasteiger partial charge in [-0.1, -0.05) is 22.0 Å². The fourth-order valence-corrected chi connectivity index (χ4v) is 2.25. The zero-order valence-electron chi connectivity index (χ0n) is 11.8. The fraction of sp³-hybridized carbons (Fsp3) is 0.188. The van der Waals surface area contributed by atoms with E-state index in [4.69, 9.17) is 20.5 Å². The van der Waals surface area contributed by atoms with E-state index in [9.17, 15) is 0 Å². The Hall–Kier alpha value is -2.03. The first-order valence-corrected chi connectivity index (χ1v) is 7.15. The Morgan fingerprint density at radius 3 is 2.52 bits per heavy atom. The minimum absolute atomic E-state index is 0.155. The second-order valence-corrected chi connectivity index (χ2v) is 5.47. The highest BCUT2D eigenvalue weighted by molar-refractivity contribution is 9.10. The second-order valence-electron chi connectivity index (χ2n) is 4.55. The molecule has 1 atom stereocenters. The van der Waals surface area contributed by atoms with Crippen LogP contribution in [0.1, 0.15) is 24.1 Å². The van der Waals surface area contributed by atoms with E-state index in [1.165, 1.54) is 7.11 Å². The Kier molecular flexibility index (Phi) is 4.84. The first kappa shape index (κ1) is 15.4. The molecule has 0 saturated carbocycles. The second kappa shape index (κ2) is 6.61. The lowest BCUT2D eigenvalue weighted by Gasteiger charge is -2.16. The van der Waals surface area contributed by atoms with Gasteiger partial charge in [-0.25, -0.2) is 0 Å². The molecular weight excluding hydrogens is 332 g/mol. The van der Waals surface area contributed by atoms with Gasteiger partial charge < -0.3 is 15.2 Å². The van der Waals surface area contributed by atoms with Crippen molar-refractivity contribution in [2.45, 2.75) is 13.0 Å². The van der Waals surface area contributed by atoms with Crippen molar-refractivity contribution in [3.63, 3.8) is 0 Å². The smallest absolute Gasteiger partial charge is 0.169 e. The van der Waals surface area contributed by atoms with Crippen molar-refractivity contribution in [2.75, 3.05) is 7.11 Å². The normalized spacial score (nSPS) is 11.6. The molecule has 0 fully saturated rings. The molecule has 0 radical (unpaired) electrons. The number of benzene rings is 2. The molecule has 0 spiro atoms. The Morgan fingerprint density at radius 1 is 1.14 bits per heavy atom. The first-order chi connectivity index (χ1) is 10.0. The van der Waals surface area contributed by atoms with Crippen molar-refractivity contribution in [1.29, 1.82) is 5.26 Å². The zero-order chi connectivity index (χ0) is 15.4. The van der Waals surface area contributed by atoms with Crippen molar-refractivity contribution in [3.8, 4) is 23.3 Å². The van der Waals surface area contributed by atoms with E-state index >= 15 is 0 Å². The van der Waals surface area contributed by atoms with Crippen LogP contribution < -0.4 is 15.2 Å². The van der Waals surface area contributed by atoms with E-state index < -0.39 is 0 Å². The summed E-state index contributed by atoms with van der Waals surface area (Å²) in [6.45, 7) is 1.89. The molecule has 21 heavy (non-hydrogen) atoms. The van der Waals surface area contributed by atoms with Gasteiger partial charge in [0.1, 0.15) is 5.75 Å². The van der Waals surface area contributed by atoms with Crippen LogP contribution in [0.25, 0.3) is 0 Å². The maximum absolute atomic E-state index is 8.92. The zero-order valence-corrected chi connectivity index (χ0v) is 13.3. The molecule has 2 aromatic carbocycles. The van der Waals surface area contributed by atoms with E-state index in [2.05, 4.69) is 22.0 Å². The number of nitrogens with two attached hydrogens (primary N) is 1. The van der Waals surface area contributed by atoms with Crippen LogP contribution in [-0.2, 0) is 0 Å². The Labute approximate surface area is 132 Å². The Balaban J connectivity index is 2.43.